The average molecular weight is 391 g/mol. The number of likely N-dealkylation sites (tertiary alicyclic amines) is 1. The van der Waals surface area contributed by atoms with Crippen molar-refractivity contribution in [3.8, 4) is 16.9 Å². The number of hydrogen-bond donors (Lipinski definition) is 1. The van der Waals surface area contributed by atoms with E-state index in [1.807, 2.05) is 31.5 Å². The highest BCUT2D eigenvalue weighted by atomic mass is 16.5. The first-order valence-electron chi connectivity index (χ1n) is 10.1. The molecule has 0 unspecified atom stereocenters. The van der Waals surface area contributed by atoms with Gasteiger partial charge in [0.1, 0.15) is 11.9 Å². The number of hydrogen-bond acceptors (Lipinski definition) is 5. The van der Waals surface area contributed by atoms with Crippen LogP contribution in [0.25, 0.3) is 16.6 Å². The van der Waals surface area contributed by atoms with Crippen LogP contribution in [0, 0.1) is 12.8 Å². The van der Waals surface area contributed by atoms with Gasteiger partial charge in [-0.05, 0) is 57.5 Å². The molecule has 0 radical (unpaired) electrons. The van der Waals surface area contributed by atoms with Gasteiger partial charge < -0.3 is 10.1 Å². The van der Waals surface area contributed by atoms with Crippen LogP contribution < -0.4 is 10.1 Å². The third-order valence-electron chi connectivity index (χ3n) is 5.96. The van der Waals surface area contributed by atoms with Gasteiger partial charge in [0.25, 0.3) is 0 Å². The molecule has 1 aliphatic heterocycles. The van der Waals surface area contributed by atoms with E-state index >= 15 is 0 Å². The minimum atomic E-state index is 0.0636. The lowest BCUT2D eigenvalue weighted by Gasteiger charge is -2.43. The van der Waals surface area contributed by atoms with Crippen molar-refractivity contribution in [2.45, 2.75) is 38.8 Å². The number of rotatable bonds is 5. The van der Waals surface area contributed by atoms with Crippen LogP contribution in [0.3, 0.4) is 0 Å². The molecule has 0 aromatic carbocycles. The number of likely N-dealkylation sites (N-methyl/N-ethyl adjacent to an activating group) is 1. The van der Waals surface area contributed by atoms with Crippen molar-refractivity contribution in [2.75, 3.05) is 18.9 Å². The summed E-state index contributed by atoms with van der Waals surface area (Å²) in [6.07, 6.45) is 5.85. The lowest BCUT2D eigenvalue weighted by molar-refractivity contribution is -0.117. The predicted molar refractivity (Wildman–Crippen MR) is 111 cm³/mol. The van der Waals surface area contributed by atoms with E-state index in [1.165, 1.54) is 0 Å². The van der Waals surface area contributed by atoms with Crippen molar-refractivity contribution in [1.29, 1.82) is 0 Å². The molecule has 2 fully saturated rings. The largest absolute Gasteiger partial charge is 0.485 e. The fourth-order valence-corrected chi connectivity index (χ4v) is 3.71. The normalized spacial score (nSPS) is 21.8. The summed E-state index contributed by atoms with van der Waals surface area (Å²) in [7, 11) is 2.10. The second-order valence-corrected chi connectivity index (χ2v) is 8.24. The Morgan fingerprint density at radius 3 is 2.83 bits per heavy atom. The number of nitrogens with zero attached hydrogens (tertiary/aromatic N) is 4. The van der Waals surface area contributed by atoms with Gasteiger partial charge in [-0.1, -0.05) is 0 Å². The van der Waals surface area contributed by atoms with E-state index in [0.717, 1.165) is 47.5 Å². The highest BCUT2D eigenvalue weighted by Crippen LogP contribution is 2.34. The summed E-state index contributed by atoms with van der Waals surface area (Å²) in [6.45, 7) is 5.07. The number of ether oxygens (including phenoxy) is 1. The SMILES string of the molecule is Cc1cc(-c2ccn3nc(NC(=O)C4CC4)cc3c2)c(O[C@H]2CN(C)[C@H]2C)cn1. The average Bonchev–Trinajstić information content (AvgIpc) is 3.49. The lowest BCUT2D eigenvalue weighted by Crippen LogP contribution is -2.58. The zero-order chi connectivity index (χ0) is 20.1. The molecule has 7 nitrogen and oxygen atoms in total. The van der Waals surface area contributed by atoms with Gasteiger partial charge in [-0.3, -0.25) is 14.7 Å². The molecule has 0 bridgehead atoms. The fraction of sp³-hybridized carbons (Fsp3) is 0.409. The van der Waals surface area contributed by atoms with Crippen LogP contribution in [0.2, 0.25) is 0 Å². The Morgan fingerprint density at radius 2 is 2.10 bits per heavy atom. The Hall–Kier alpha value is -2.93. The third kappa shape index (κ3) is 3.46. The molecule has 4 heterocycles. The van der Waals surface area contributed by atoms with Crippen LogP contribution in [0.5, 0.6) is 5.75 Å². The summed E-state index contributed by atoms with van der Waals surface area (Å²) < 4.78 is 8.07. The van der Waals surface area contributed by atoms with Crippen LogP contribution in [-0.4, -0.2) is 51.1 Å². The third-order valence-corrected chi connectivity index (χ3v) is 5.96. The standard InChI is InChI=1S/C22H25N5O2/c1-13-8-18(19(11-23-13)29-20-12-26(3)14(20)2)16-6-7-27-17(9-16)10-21(25-27)24-22(28)15-4-5-15/h6-11,14-15,20H,4-5,12H2,1-3H3,(H,24,25,28)/t14-,20-/m0/s1. The van der Waals surface area contributed by atoms with E-state index in [0.29, 0.717) is 11.9 Å². The Kier molecular flexibility index (Phi) is 4.28. The van der Waals surface area contributed by atoms with Crippen molar-refractivity contribution in [3.05, 3.63) is 42.4 Å². The van der Waals surface area contributed by atoms with Gasteiger partial charge in [0.05, 0.1) is 11.7 Å². The summed E-state index contributed by atoms with van der Waals surface area (Å²) in [4.78, 5) is 18.7. The van der Waals surface area contributed by atoms with E-state index in [1.54, 1.807) is 4.52 Å². The Morgan fingerprint density at radius 1 is 1.28 bits per heavy atom. The fourth-order valence-electron chi connectivity index (χ4n) is 3.71. The van der Waals surface area contributed by atoms with Gasteiger partial charge in [-0.2, -0.15) is 5.10 Å². The Balaban J connectivity index is 1.45. The highest BCUT2D eigenvalue weighted by molar-refractivity contribution is 5.93. The molecule has 1 aliphatic carbocycles. The van der Waals surface area contributed by atoms with Crippen LogP contribution in [-0.2, 0) is 4.79 Å². The number of amides is 1. The van der Waals surface area contributed by atoms with E-state index in [4.69, 9.17) is 4.74 Å². The first-order valence-corrected chi connectivity index (χ1v) is 10.1. The molecule has 3 aromatic rings. The number of anilines is 1. The summed E-state index contributed by atoms with van der Waals surface area (Å²) in [6, 6.07) is 8.43. The molecule has 0 spiro atoms. The van der Waals surface area contributed by atoms with Crippen molar-refractivity contribution in [3.63, 3.8) is 0 Å². The van der Waals surface area contributed by atoms with Gasteiger partial charge in [-0.25, -0.2) is 4.52 Å². The van der Waals surface area contributed by atoms with Gasteiger partial charge in [-0.15, -0.1) is 0 Å². The number of aryl methyl sites for hydroxylation is 1. The van der Waals surface area contributed by atoms with Gasteiger partial charge >= 0.3 is 0 Å². The number of carbonyl (C=O) groups excluding carboxylic acids is 1. The van der Waals surface area contributed by atoms with Crippen molar-refractivity contribution in [1.82, 2.24) is 19.5 Å². The Bertz CT molecular complexity index is 1090. The van der Waals surface area contributed by atoms with E-state index in [2.05, 4.69) is 46.4 Å². The molecule has 3 aromatic heterocycles. The molecule has 150 valence electrons. The quantitative estimate of drug-likeness (QED) is 0.723. The number of pyridine rings is 2. The molecule has 1 saturated carbocycles. The maximum Gasteiger partial charge on any atom is 0.228 e. The summed E-state index contributed by atoms with van der Waals surface area (Å²) in [5, 5.41) is 7.38. The molecule has 7 heteroatoms. The van der Waals surface area contributed by atoms with E-state index in [-0.39, 0.29) is 17.9 Å². The van der Waals surface area contributed by atoms with Crippen LogP contribution in [0.1, 0.15) is 25.5 Å². The van der Waals surface area contributed by atoms with Gasteiger partial charge in [0.2, 0.25) is 5.91 Å². The number of carbonyl (C=O) groups is 1. The summed E-state index contributed by atoms with van der Waals surface area (Å²) in [5.74, 6) is 1.61. The number of fused-ring (bicyclic) bond motifs is 1. The molecule has 1 saturated heterocycles. The Labute approximate surface area is 169 Å². The zero-order valence-electron chi connectivity index (χ0n) is 16.9. The molecular weight excluding hydrogens is 366 g/mol. The first kappa shape index (κ1) is 18.1. The molecule has 29 heavy (non-hydrogen) atoms. The molecule has 1 N–H and O–H groups in total. The molecule has 5 rings (SSSR count). The number of aromatic nitrogens is 3. The van der Waals surface area contributed by atoms with Crippen molar-refractivity contribution in [2.24, 2.45) is 5.92 Å². The zero-order valence-corrected chi connectivity index (χ0v) is 16.9. The topological polar surface area (TPSA) is 71.8 Å². The van der Waals surface area contributed by atoms with E-state index < -0.39 is 0 Å². The van der Waals surface area contributed by atoms with Crippen molar-refractivity contribution >= 4 is 17.2 Å². The maximum atomic E-state index is 12.0. The second-order valence-electron chi connectivity index (χ2n) is 8.24. The smallest absolute Gasteiger partial charge is 0.228 e. The number of nitrogens with one attached hydrogen (secondary N) is 1. The molecule has 1 amide bonds. The summed E-state index contributed by atoms with van der Waals surface area (Å²) in [5.41, 5.74) is 3.92. The molecular formula is C22H25N5O2. The van der Waals surface area contributed by atoms with Crippen LogP contribution in [0.4, 0.5) is 5.82 Å². The highest BCUT2D eigenvalue weighted by Gasteiger charge is 2.35. The molecule has 2 aliphatic rings. The van der Waals surface area contributed by atoms with Gasteiger partial charge in [0, 0.05) is 42.0 Å². The van der Waals surface area contributed by atoms with Crippen LogP contribution in [0.15, 0.2) is 36.7 Å². The van der Waals surface area contributed by atoms with Gasteiger partial charge in [0.15, 0.2) is 5.82 Å². The predicted octanol–water partition coefficient (Wildman–Crippen LogP) is 3.13. The molecule has 2 atom stereocenters. The lowest BCUT2D eigenvalue weighted by atomic mass is 10.0. The monoisotopic (exact) mass is 391 g/mol. The van der Waals surface area contributed by atoms with E-state index in [9.17, 15) is 4.79 Å². The summed E-state index contributed by atoms with van der Waals surface area (Å²) >= 11 is 0. The second kappa shape index (κ2) is 6.84. The minimum absolute atomic E-state index is 0.0636. The van der Waals surface area contributed by atoms with Crippen LogP contribution >= 0.6 is 0 Å². The van der Waals surface area contributed by atoms with Crippen molar-refractivity contribution < 1.29 is 9.53 Å². The first-order chi connectivity index (χ1) is 14.0. The minimum Gasteiger partial charge on any atom is -0.485 e. The maximum absolute atomic E-state index is 12.0.